The van der Waals surface area contributed by atoms with Crippen LogP contribution in [0.2, 0.25) is 5.02 Å². The minimum atomic E-state index is -0.490. The highest BCUT2D eigenvalue weighted by Crippen LogP contribution is 2.21. The standard InChI is InChI=1S/C13H17ClFNO/c1-13(2,16)7-6-10(17)8-9-4-3-5-11(15)12(9)14/h3-5H,6-8,16H2,1-2H3. The van der Waals surface area contributed by atoms with Gasteiger partial charge in [-0.2, -0.15) is 0 Å². The second kappa shape index (κ2) is 5.61. The summed E-state index contributed by atoms with van der Waals surface area (Å²) in [7, 11) is 0. The number of hydrogen-bond acceptors (Lipinski definition) is 2. The van der Waals surface area contributed by atoms with Gasteiger partial charge in [-0.15, -0.1) is 0 Å². The van der Waals surface area contributed by atoms with Gasteiger partial charge in [0.2, 0.25) is 0 Å². The molecule has 0 atom stereocenters. The lowest BCUT2D eigenvalue weighted by Crippen LogP contribution is -2.32. The van der Waals surface area contributed by atoms with Crippen molar-refractivity contribution in [1.82, 2.24) is 0 Å². The van der Waals surface area contributed by atoms with Crippen LogP contribution < -0.4 is 5.73 Å². The Morgan fingerprint density at radius 3 is 2.71 bits per heavy atom. The van der Waals surface area contributed by atoms with Crippen molar-refractivity contribution < 1.29 is 9.18 Å². The Labute approximate surface area is 106 Å². The summed E-state index contributed by atoms with van der Waals surface area (Å²) < 4.78 is 13.1. The van der Waals surface area contributed by atoms with Gasteiger partial charge >= 0.3 is 0 Å². The number of halogens is 2. The maximum absolute atomic E-state index is 13.1. The van der Waals surface area contributed by atoms with E-state index in [1.165, 1.54) is 6.07 Å². The molecule has 0 spiro atoms. The monoisotopic (exact) mass is 257 g/mol. The van der Waals surface area contributed by atoms with Crippen molar-refractivity contribution in [2.24, 2.45) is 5.73 Å². The lowest BCUT2D eigenvalue weighted by atomic mass is 9.96. The fourth-order valence-electron chi connectivity index (χ4n) is 1.45. The molecule has 0 aliphatic carbocycles. The minimum absolute atomic E-state index is 0.0241. The molecule has 94 valence electrons. The molecule has 0 aliphatic rings. The molecule has 0 fully saturated rings. The van der Waals surface area contributed by atoms with Crippen LogP contribution in [0.3, 0.4) is 0 Å². The summed E-state index contributed by atoms with van der Waals surface area (Å²) >= 11 is 5.78. The van der Waals surface area contributed by atoms with E-state index in [1.54, 1.807) is 12.1 Å². The van der Waals surface area contributed by atoms with Gasteiger partial charge in [-0.25, -0.2) is 4.39 Å². The molecular formula is C13H17ClFNO. The van der Waals surface area contributed by atoms with E-state index in [1.807, 2.05) is 13.8 Å². The number of hydrogen-bond donors (Lipinski definition) is 1. The smallest absolute Gasteiger partial charge is 0.142 e. The van der Waals surface area contributed by atoms with Crippen molar-refractivity contribution in [3.05, 3.63) is 34.6 Å². The summed E-state index contributed by atoms with van der Waals surface area (Å²) in [4.78, 5) is 11.7. The van der Waals surface area contributed by atoms with Gasteiger partial charge in [0.1, 0.15) is 11.6 Å². The number of ketones is 1. The average molecular weight is 258 g/mol. The van der Waals surface area contributed by atoms with Gasteiger partial charge in [0.15, 0.2) is 0 Å². The molecule has 4 heteroatoms. The fourth-order valence-corrected chi connectivity index (χ4v) is 1.64. The molecule has 0 aliphatic heterocycles. The fraction of sp³-hybridized carbons (Fsp3) is 0.462. The second-order valence-corrected chi connectivity index (χ2v) is 5.29. The van der Waals surface area contributed by atoms with Crippen LogP contribution in [0.1, 0.15) is 32.3 Å². The number of nitrogens with two attached hydrogens (primary N) is 1. The summed E-state index contributed by atoms with van der Waals surface area (Å²) in [5, 5.41) is 0.0351. The first-order chi connectivity index (χ1) is 7.79. The van der Waals surface area contributed by atoms with Crippen molar-refractivity contribution in [3.8, 4) is 0 Å². The summed E-state index contributed by atoms with van der Waals surface area (Å²) in [5.74, 6) is -0.466. The molecule has 1 rings (SSSR count). The van der Waals surface area contributed by atoms with Crippen molar-refractivity contribution in [2.75, 3.05) is 0 Å². The number of rotatable bonds is 5. The maximum Gasteiger partial charge on any atom is 0.142 e. The zero-order valence-electron chi connectivity index (χ0n) is 10.1. The maximum atomic E-state index is 13.1. The highest BCUT2D eigenvalue weighted by Gasteiger charge is 2.15. The van der Waals surface area contributed by atoms with Crippen molar-refractivity contribution in [2.45, 2.75) is 38.6 Å². The topological polar surface area (TPSA) is 43.1 Å². The van der Waals surface area contributed by atoms with Crippen LogP contribution in [0.4, 0.5) is 4.39 Å². The summed E-state index contributed by atoms with van der Waals surface area (Å²) in [6, 6.07) is 4.49. The molecule has 0 saturated heterocycles. The third-order valence-corrected chi connectivity index (χ3v) is 2.89. The lowest BCUT2D eigenvalue weighted by molar-refractivity contribution is -0.118. The molecule has 2 nitrogen and oxygen atoms in total. The Hall–Kier alpha value is -0.930. The molecule has 1 aromatic carbocycles. The molecule has 0 unspecified atom stereocenters. The largest absolute Gasteiger partial charge is 0.326 e. The first kappa shape index (κ1) is 14.1. The van der Waals surface area contributed by atoms with Gasteiger partial charge in [0.05, 0.1) is 5.02 Å². The van der Waals surface area contributed by atoms with E-state index in [-0.39, 0.29) is 22.8 Å². The third kappa shape index (κ3) is 4.84. The van der Waals surface area contributed by atoms with Crippen LogP contribution in [-0.4, -0.2) is 11.3 Å². The van der Waals surface area contributed by atoms with E-state index >= 15 is 0 Å². The zero-order chi connectivity index (χ0) is 13.1. The van der Waals surface area contributed by atoms with E-state index in [0.29, 0.717) is 18.4 Å². The van der Waals surface area contributed by atoms with E-state index < -0.39 is 5.82 Å². The van der Waals surface area contributed by atoms with Crippen LogP contribution in [0.15, 0.2) is 18.2 Å². The predicted octanol–water partition coefficient (Wildman–Crippen LogP) is 3.11. The normalized spacial score (nSPS) is 11.6. The summed E-state index contributed by atoms with van der Waals surface area (Å²) in [5.41, 5.74) is 5.97. The first-order valence-corrected chi connectivity index (χ1v) is 5.91. The third-order valence-electron chi connectivity index (χ3n) is 2.47. The molecule has 2 N–H and O–H groups in total. The Balaban J connectivity index is 2.60. The van der Waals surface area contributed by atoms with Gasteiger partial charge in [0, 0.05) is 18.4 Å². The minimum Gasteiger partial charge on any atom is -0.326 e. The van der Waals surface area contributed by atoms with Crippen molar-refractivity contribution >= 4 is 17.4 Å². The van der Waals surface area contributed by atoms with E-state index in [4.69, 9.17) is 17.3 Å². The highest BCUT2D eigenvalue weighted by atomic mass is 35.5. The summed E-state index contributed by atoms with van der Waals surface area (Å²) in [6.07, 6.45) is 1.15. The first-order valence-electron chi connectivity index (χ1n) is 5.53. The van der Waals surface area contributed by atoms with Gasteiger partial charge in [-0.1, -0.05) is 23.7 Å². The molecule has 0 amide bonds. The Morgan fingerprint density at radius 1 is 1.47 bits per heavy atom. The molecule has 17 heavy (non-hydrogen) atoms. The molecule has 0 radical (unpaired) electrons. The predicted molar refractivity (Wildman–Crippen MR) is 67.6 cm³/mol. The molecule has 0 saturated carbocycles. The van der Waals surface area contributed by atoms with Gasteiger partial charge in [-0.3, -0.25) is 4.79 Å². The highest BCUT2D eigenvalue weighted by molar-refractivity contribution is 6.31. The van der Waals surface area contributed by atoms with Crippen molar-refractivity contribution in [3.63, 3.8) is 0 Å². The Bertz CT molecular complexity index is 412. The molecule has 0 aromatic heterocycles. The quantitative estimate of drug-likeness (QED) is 0.881. The lowest BCUT2D eigenvalue weighted by Gasteiger charge is -2.17. The Kier molecular flexibility index (Phi) is 4.66. The number of benzene rings is 1. The zero-order valence-corrected chi connectivity index (χ0v) is 10.9. The van der Waals surface area contributed by atoms with Crippen LogP contribution in [0.25, 0.3) is 0 Å². The number of carbonyl (C=O) groups is 1. The number of Topliss-reactive ketones (excluding diaryl/α,β-unsaturated/α-hetero) is 1. The summed E-state index contributed by atoms with van der Waals surface area (Å²) in [6.45, 7) is 3.74. The van der Waals surface area contributed by atoms with Gasteiger partial charge < -0.3 is 5.73 Å². The van der Waals surface area contributed by atoms with E-state index in [0.717, 1.165) is 0 Å². The van der Waals surface area contributed by atoms with E-state index in [2.05, 4.69) is 0 Å². The SMILES string of the molecule is CC(C)(N)CCC(=O)Cc1cccc(F)c1Cl. The van der Waals surface area contributed by atoms with Crippen LogP contribution in [-0.2, 0) is 11.2 Å². The van der Waals surface area contributed by atoms with Crippen LogP contribution in [0.5, 0.6) is 0 Å². The van der Waals surface area contributed by atoms with Gasteiger partial charge in [-0.05, 0) is 31.9 Å². The van der Waals surface area contributed by atoms with Crippen molar-refractivity contribution in [1.29, 1.82) is 0 Å². The molecule has 1 aromatic rings. The second-order valence-electron chi connectivity index (χ2n) is 4.92. The number of carbonyl (C=O) groups excluding carboxylic acids is 1. The van der Waals surface area contributed by atoms with Crippen LogP contribution >= 0.6 is 11.6 Å². The van der Waals surface area contributed by atoms with Gasteiger partial charge in [0.25, 0.3) is 0 Å². The average Bonchev–Trinajstić information content (AvgIpc) is 2.21. The van der Waals surface area contributed by atoms with Crippen LogP contribution in [0, 0.1) is 5.82 Å². The molecule has 0 heterocycles. The van der Waals surface area contributed by atoms with E-state index in [9.17, 15) is 9.18 Å². The Morgan fingerprint density at radius 2 is 2.12 bits per heavy atom. The molecular weight excluding hydrogens is 241 g/mol. The molecule has 0 bridgehead atoms.